The van der Waals surface area contributed by atoms with Crippen molar-refractivity contribution >= 4 is 5.96 Å². The Kier molecular flexibility index (Phi) is 8.95. The highest BCUT2D eigenvalue weighted by Gasteiger charge is 1.98. The van der Waals surface area contributed by atoms with Gasteiger partial charge in [-0.3, -0.25) is 0 Å². The highest BCUT2D eigenvalue weighted by molar-refractivity contribution is 5.78. The molecule has 3 N–H and O–H groups in total. The van der Waals surface area contributed by atoms with Crippen LogP contribution in [-0.2, 0) is 22.6 Å². The molecule has 0 fully saturated rings. The van der Waals surface area contributed by atoms with Crippen molar-refractivity contribution in [2.24, 2.45) is 10.7 Å². The molecule has 0 aromatic heterocycles. The molecule has 0 saturated heterocycles. The summed E-state index contributed by atoms with van der Waals surface area (Å²) in [5.74, 6) is 0.432. The Labute approximate surface area is 133 Å². The molecule has 1 aromatic carbocycles. The van der Waals surface area contributed by atoms with Crippen molar-refractivity contribution in [2.45, 2.75) is 27.0 Å². The van der Waals surface area contributed by atoms with Gasteiger partial charge in [-0.05, 0) is 25.0 Å². The lowest BCUT2D eigenvalue weighted by atomic mass is 10.1. The van der Waals surface area contributed by atoms with E-state index >= 15 is 0 Å². The fourth-order valence-electron chi connectivity index (χ4n) is 1.74. The van der Waals surface area contributed by atoms with Gasteiger partial charge >= 0.3 is 0 Å². The maximum atomic E-state index is 5.79. The molecule has 0 aliphatic carbocycles. The fraction of sp³-hybridized carbons (Fsp3) is 0.471. The molecule has 1 aromatic rings. The number of hydrogen-bond donors (Lipinski definition) is 2. The Hall–Kier alpha value is -1.85. The maximum Gasteiger partial charge on any atom is 0.189 e. The third kappa shape index (κ3) is 8.44. The van der Waals surface area contributed by atoms with Gasteiger partial charge in [0.1, 0.15) is 0 Å². The summed E-state index contributed by atoms with van der Waals surface area (Å²) >= 11 is 0. The Bertz CT molecular complexity index is 487. The number of nitrogens with one attached hydrogen (secondary N) is 1. The monoisotopic (exact) mass is 305 g/mol. The molecule has 0 saturated carbocycles. The van der Waals surface area contributed by atoms with Gasteiger partial charge in [0.15, 0.2) is 5.96 Å². The Morgan fingerprint density at radius 1 is 1.27 bits per heavy atom. The quantitative estimate of drug-likeness (QED) is 0.301. The first-order chi connectivity index (χ1) is 10.6. The standard InChI is InChI=1S/C17H27N3O2/c1-4-21-8-9-22-13-16-7-5-6-15(10-16)12-20-17(18)19-11-14(2)3/h5-7,10H,2,4,8-9,11-13H2,1,3H3,(H3,18,19,20). The lowest BCUT2D eigenvalue weighted by molar-refractivity contribution is 0.0453. The molecule has 0 unspecified atom stereocenters. The van der Waals surface area contributed by atoms with E-state index in [1.165, 1.54) is 0 Å². The SMILES string of the molecule is C=C(C)CNC(N)=NCc1cccc(COCCOCC)c1. The largest absolute Gasteiger partial charge is 0.379 e. The summed E-state index contributed by atoms with van der Waals surface area (Å²) in [7, 11) is 0. The van der Waals surface area contributed by atoms with Crippen LogP contribution >= 0.6 is 0 Å². The summed E-state index contributed by atoms with van der Waals surface area (Å²) in [6, 6.07) is 8.15. The number of nitrogens with zero attached hydrogens (tertiary/aromatic N) is 1. The van der Waals surface area contributed by atoms with Gasteiger partial charge in [-0.15, -0.1) is 0 Å². The topological polar surface area (TPSA) is 68.9 Å². The summed E-state index contributed by atoms with van der Waals surface area (Å²) in [4.78, 5) is 4.31. The highest BCUT2D eigenvalue weighted by atomic mass is 16.5. The summed E-state index contributed by atoms with van der Waals surface area (Å²) in [5.41, 5.74) is 9.04. The Balaban J connectivity index is 2.40. The normalized spacial score (nSPS) is 11.5. The van der Waals surface area contributed by atoms with E-state index in [0.717, 1.165) is 23.3 Å². The van der Waals surface area contributed by atoms with Crippen molar-refractivity contribution < 1.29 is 9.47 Å². The zero-order chi connectivity index (χ0) is 16.2. The molecular weight excluding hydrogens is 278 g/mol. The van der Waals surface area contributed by atoms with Gasteiger partial charge in [0.05, 0.1) is 26.4 Å². The molecule has 0 heterocycles. The van der Waals surface area contributed by atoms with Crippen LogP contribution in [0.2, 0.25) is 0 Å². The molecule has 22 heavy (non-hydrogen) atoms. The van der Waals surface area contributed by atoms with Crippen LogP contribution in [0.15, 0.2) is 41.4 Å². The second kappa shape index (κ2) is 10.8. The molecule has 0 bridgehead atoms. The van der Waals surface area contributed by atoms with Gasteiger partial charge in [0, 0.05) is 13.2 Å². The van der Waals surface area contributed by atoms with Crippen molar-refractivity contribution in [3.8, 4) is 0 Å². The summed E-state index contributed by atoms with van der Waals surface area (Å²) < 4.78 is 10.8. The van der Waals surface area contributed by atoms with E-state index < -0.39 is 0 Å². The second-order valence-electron chi connectivity index (χ2n) is 5.08. The average Bonchev–Trinajstić information content (AvgIpc) is 2.51. The number of guanidine groups is 1. The van der Waals surface area contributed by atoms with Crippen molar-refractivity contribution in [3.05, 3.63) is 47.5 Å². The number of ether oxygens (including phenoxy) is 2. The van der Waals surface area contributed by atoms with Crippen LogP contribution in [0.25, 0.3) is 0 Å². The Morgan fingerprint density at radius 3 is 2.73 bits per heavy atom. The van der Waals surface area contributed by atoms with Crippen LogP contribution in [0.1, 0.15) is 25.0 Å². The first kappa shape index (κ1) is 18.2. The van der Waals surface area contributed by atoms with E-state index in [1.807, 2.05) is 32.0 Å². The van der Waals surface area contributed by atoms with Crippen molar-refractivity contribution in [2.75, 3.05) is 26.4 Å². The minimum Gasteiger partial charge on any atom is -0.379 e. The molecule has 122 valence electrons. The van der Waals surface area contributed by atoms with Crippen LogP contribution in [0.3, 0.4) is 0 Å². The van der Waals surface area contributed by atoms with Crippen LogP contribution in [0.4, 0.5) is 0 Å². The zero-order valence-corrected chi connectivity index (χ0v) is 13.6. The van der Waals surface area contributed by atoms with E-state index in [2.05, 4.69) is 23.0 Å². The molecule has 5 nitrogen and oxygen atoms in total. The molecule has 0 radical (unpaired) electrons. The smallest absolute Gasteiger partial charge is 0.189 e. The zero-order valence-electron chi connectivity index (χ0n) is 13.6. The number of rotatable bonds is 10. The van der Waals surface area contributed by atoms with Gasteiger partial charge in [0.25, 0.3) is 0 Å². The molecule has 0 amide bonds. The summed E-state index contributed by atoms with van der Waals surface area (Å²) in [6.07, 6.45) is 0. The highest BCUT2D eigenvalue weighted by Crippen LogP contribution is 2.08. The van der Waals surface area contributed by atoms with Crippen LogP contribution in [0.5, 0.6) is 0 Å². The fourth-order valence-corrected chi connectivity index (χ4v) is 1.74. The third-order valence-electron chi connectivity index (χ3n) is 2.84. The molecule has 1 rings (SSSR count). The van der Waals surface area contributed by atoms with Crippen LogP contribution in [-0.4, -0.2) is 32.3 Å². The van der Waals surface area contributed by atoms with Gasteiger partial charge in [-0.1, -0.05) is 36.4 Å². The lowest BCUT2D eigenvalue weighted by Gasteiger charge is -2.07. The average molecular weight is 305 g/mol. The van der Waals surface area contributed by atoms with E-state index in [4.69, 9.17) is 15.2 Å². The van der Waals surface area contributed by atoms with Gasteiger partial charge in [-0.2, -0.15) is 0 Å². The van der Waals surface area contributed by atoms with Gasteiger partial charge < -0.3 is 20.5 Å². The number of aliphatic imine (C=N–C) groups is 1. The number of nitrogens with two attached hydrogens (primary N) is 1. The van der Waals surface area contributed by atoms with Crippen molar-refractivity contribution in [3.63, 3.8) is 0 Å². The van der Waals surface area contributed by atoms with Crippen molar-refractivity contribution in [1.29, 1.82) is 0 Å². The van der Waals surface area contributed by atoms with Crippen LogP contribution < -0.4 is 11.1 Å². The minimum atomic E-state index is 0.432. The Morgan fingerprint density at radius 2 is 2.00 bits per heavy atom. The maximum absolute atomic E-state index is 5.79. The van der Waals surface area contributed by atoms with Gasteiger partial charge in [0.2, 0.25) is 0 Å². The number of benzene rings is 1. The molecule has 0 spiro atoms. The summed E-state index contributed by atoms with van der Waals surface area (Å²) in [5, 5.41) is 3.01. The molecule has 0 atom stereocenters. The third-order valence-corrected chi connectivity index (χ3v) is 2.84. The number of hydrogen-bond acceptors (Lipinski definition) is 3. The van der Waals surface area contributed by atoms with Crippen molar-refractivity contribution in [1.82, 2.24) is 5.32 Å². The van der Waals surface area contributed by atoms with Gasteiger partial charge in [-0.25, -0.2) is 4.99 Å². The van der Waals surface area contributed by atoms with E-state index in [1.54, 1.807) is 0 Å². The molecule has 0 aliphatic rings. The first-order valence-corrected chi connectivity index (χ1v) is 7.53. The lowest BCUT2D eigenvalue weighted by Crippen LogP contribution is -2.32. The van der Waals surface area contributed by atoms with E-state index in [0.29, 0.717) is 38.9 Å². The second-order valence-corrected chi connectivity index (χ2v) is 5.08. The summed E-state index contributed by atoms with van der Waals surface area (Å²) in [6.45, 7) is 11.4. The molecule has 5 heteroatoms. The predicted octanol–water partition coefficient (Wildman–Crippen LogP) is 2.22. The minimum absolute atomic E-state index is 0.432. The van der Waals surface area contributed by atoms with E-state index in [-0.39, 0.29) is 0 Å². The predicted molar refractivity (Wildman–Crippen MR) is 90.7 cm³/mol. The van der Waals surface area contributed by atoms with Crippen LogP contribution in [0, 0.1) is 0 Å². The van der Waals surface area contributed by atoms with E-state index in [9.17, 15) is 0 Å². The molecule has 0 aliphatic heterocycles. The molecular formula is C17H27N3O2. The first-order valence-electron chi connectivity index (χ1n) is 7.53.